The number of thioether (sulfide) groups is 1. The van der Waals surface area contributed by atoms with Gasteiger partial charge in [0.2, 0.25) is 11.1 Å². The van der Waals surface area contributed by atoms with Crippen molar-refractivity contribution >= 4 is 17.7 Å². The minimum Gasteiger partial charge on any atom is -0.372 e. The molecule has 1 aliphatic rings. The maximum Gasteiger partial charge on any atom is 0.233 e. The molecule has 0 saturated carbocycles. The smallest absolute Gasteiger partial charge is 0.233 e. The molecule has 2 heterocycles. The minimum atomic E-state index is 0.0487. The van der Waals surface area contributed by atoms with Crippen molar-refractivity contribution < 1.29 is 9.53 Å². The Kier molecular flexibility index (Phi) is 6.86. The molecule has 3 aromatic rings. The van der Waals surface area contributed by atoms with Crippen molar-refractivity contribution in [1.29, 1.82) is 0 Å². The molecule has 0 spiro atoms. The number of nitrogens with zero attached hydrogens (tertiary/aromatic N) is 4. The molecule has 7 heteroatoms. The van der Waals surface area contributed by atoms with Crippen molar-refractivity contribution in [3.63, 3.8) is 0 Å². The van der Waals surface area contributed by atoms with Gasteiger partial charge in [-0.25, -0.2) is 4.98 Å². The first-order valence-corrected chi connectivity index (χ1v) is 11.8. The van der Waals surface area contributed by atoms with Crippen LogP contribution in [0.2, 0.25) is 0 Å². The first-order valence-electron chi connectivity index (χ1n) is 10.8. The van der Waals surface area contributed by atoms with E-state index in [0.29, 0.717) is 18.2 Å². The summed E-state index contributed by atoms with van der Waals surface area (Å²) in [5.74, 6) is 0.346. The lowest BCUT2D eigenvalue weighted by molar-refractivity contribution is -0.140. The monoisotopic (exact) mass is 448 g/mol. The van der Waals surface area contributed by atoms with Crippen molar-refractivity contribution in [2.75, 3.05) is 18.8 Å². The largest absolute Gasteiger partial charge is 0.372 e. The number of ether oxygens (including phenoxy) is 1. The topological polar surface area (TPSA) is 68.2 Å². The summed E-state index contributed by atoms with van der Waals surface area (Å²) in [6, 6.07) is 16.4. The molecule has 1 aromatic heterocycles. The van der Waals surface area contributed by atoms with E-state index in [1.807, 2.05) is 43.0 Å². The number of hydrogen-bond acceptors (Lipinski definition) is 6. The van der Waals surface area contributed by atoms with Gasteiger partial charge in [0.05, 0.1) is 18.0 Å². The Morgan fingerprint density at radius 2 is 1.44 bits per heavy atom. The molecule has 0 aliphatic carbocycles. The fourth-order valence-electron chi connectivity index (χ4n) is 3.79. The number of aryl methyl sites for hydroxylation is 2. The molecule has 0 bridgehead atoms. The number of hydrogen-bond donors (Lipinski definition) is 0. The van der Waals surface area contributed by atoms with Gasteiger partial charge in [-0.1, -0.05) is 71.4 Å². The lowest BCUT2D eigenvalue weighted by Crippen LogP contribution is -2.48. The highest BCUT2D eigenvalue weighted by molar-refractivity contribution is 7.99. The van der Waals surface area contributed by atoms with E-state index >= 15 is 0 Å². The summed E-state index contributed by atoms with van der Waals surface area (Å²) in [6.45, 7) is 9.33. The maximum absolute atomic E-state index is 12.7. The van der Waals surface area contributed by atoms with E-state index in [2.05, 4.69) is 48.3 Å². The Balaban J connectivity index is 1.58. The van der Waals surface area contributed by atoms with Crippen LogP contribution in [0.3, 0.4) is 0 Å². The SMILES string of the molecule is Cc1ccc(-c2nnc(SCC(=O)N3CC(C)OC(C)C3)nc2-c2ccc(C)cc2)cc1. The zero-order valence-corrected chi connectivity index (χ0v) is 19.7. The maximum atomic E-state index is 12.7. The second-order valence-corrected chi connectivity index (χ2v) is 9.31. The van der Waals surface area contributed by atoms with E-state index in [9.17, 15) is 4.79 Å². The third kappa shape index (κ3) is 5.34. The van der Waals surface area contributed by atoms with Crippen LogP contribution in [0.5, 0.6) is 0 Å². The predicted molar refractivity (Wildman–Crippen MR) is 127 cm³/mol. The number of amides is 1. The predicted octanol–water partition coefficient (Wildman–Crippen LogP) is 4.55. The van der Waals surface area contributed by atoms with E-state index in [4.69, 9.17) is 9.72 Å². The van der Waals surface area contributed by atoms with Crippen LogP contribution in [0, 0.1) is 13.8 Å². The molecular weight excluding hydrogens is 420 g/mol. The zero-order chi connectivity index (χ0) is 22.7. The Bertz CT molecular complexity index is 1080. The number of rotatable bonds is 5. The van der Waals surface area contributed by atoms with Crippen molar-refractivity contribution in [3.05, 3.63) is 59.7 Å². The van der Waals surface area contributed by atoms with Crippen LogP contribution in [0.4, 0.5) is 0 Å². The molecule has 1 fully saturated rings. The van der Waals surface area contributed by atoms with Crippen LogP contribution in [0.15, 0.2) is 53.7 Å². The van der Waals surface area contributed by atoms with Crippen molar-refractivity contribution in [1.82, 2.24) is 20.1 Å². The van der Waals surface area contributed by atoms with Gasteiger partial charge in [0.1, 0.15) is 11.4 Å². The average Bonchev–Trinajstić information content (AvgIpc) is 2.78. The molecule has 0 radical (unpaired) electrons. The summed E-state index contributed by atoms with van der Waals surface area (Å²) in [7, 11) is 0. The Hall–Kier alpha value is -2.77. The highest BCUT2D eigenvalue weighted by Gasteiger charge is 2.26. The Labute approximate surface area is 193 Å². The molecule has 2 unspecified atom stereocenters. The van der Waals surface area contributed by atoms with E-state index in [-0.39, 0.29) is 23.9 Å². The summed E-state index contributed by atoms with van der Waals surface area (Å²) in [4.78, 5) is 19.4. The molecule has 32 heavy (non-hydrogen) atoms. The summed E-state index contributed by atoms with van der Waals surface area (Å²) >= 11 is 1.33. The average molecular weight is 449 g/mol. The molecule has 1 saturated heterocycles. The number of carbonyl (C=O) groups is 1. The number of carbonyl (C=O) groups excluding carboxylic acids is 1. The number of aromatic nitrogens is 3. The Morgan fingerprint density at radius 3 is 2.00 bits per heavy atom. The molecule has 1 aliphatic heterocycles. The van der Waals surface area contributed by atoms with Crippen LogP contribution in [0.1, 0.15) is 25.0 Å². The quantitative estimate of drug-likeness (QED) is 0.534. The van der Waals surface area contributed by atoms with Gasteiger partial charge in [-0.15, -0.1) is 10.2 Å². The van der Waals surface area contributed by atoms with Gasteiger partial charge in [0.25, 0.3) is 0 Å². The van der Waals surface area contributed by atoms with E-state index < -0.39 is 0 Å². The van der Waals surface area contributed by atoms with Crippen molar-refractivity contribution in [2.24, 2.45) is 0 Å². The molecule has 2 atom stereocenters. The molecule has 166 valence electrons. The molecule has 1 amide bonds. The van der Waals surface area contributed by atoms with Crippen molar-refractivity contribution in [3.8, 4) is 22.5 Å². The molecule has 0 N–H and O–H groups in total. The van der Waals surface area contributed by atoms with Crippen LogP contribution in [0.25, 0.3) is 22.5 Å². The van der Waals surface area contributed by atoms with Crippen LogP contribution in [-0.2, 0) is 9.53 Å². The van der Waals surface area contributed by atoms with Gasteiger partial charge in [-0.2, -0.15) is 0 Å². The fraction of sp³-hybridized carbons (Fsp3) is 0.360. The minimum absolute atomic E-state index is 0.0487. The second kappa shape index (κ2) is 9.79. The first-order chi connectivity index (χ1) is 15.4. The third-order valence-electron chi connectivity index (χ3n) is 5.41. The highest BCUT2D eigenvalue weighted by atomic mass is 32.2. The normalized spacial score (nSPS) is 18.6. The first kappa shape index (κ1) is 22.4. The summed E-state index contributed by atoms with van der Waals surface area (Å²) in [6.07, 6.45) is 0.0973. The van der Waals surface area contributed by atoms with Gasteiger partial charge >= 0.3 is 0 Å². The molecule has 4 rings (SSSR count). The van der Waals surface area contributed by atoms with Crippen LogP contribution < -0.4 is 0 Å². The number of benzene rings is 2. The van der Waals surface area contributed by atoms with Gasteiger partial charge in [-0.05, 0) is 27.7 Å². The molecule has 6 nitrogen and oxygen atoms in total. The van der Waals surface area contributed by atoms with Gasteiger partial charge in [0, 0.05) is 24.2 Å². The molecule has 2 aromatic carbocycles. The molecular formula is C25H28N4O2S. The second-order valence-electron chi connectivity index (χ2n) is 8.37. The lowest BCUT2D eigenvalue weighted by atomic mass is 10.0. The zero-order valence-electron chi connectivity index (χ0n) is 18.9. The summed E-state index contributed by atoms with van der Waals surface area (Å²) in [5.41, 5.74) is 5.82. The van der Waals surface area contributed by atoms with E-state index in [0.717, 1.165) is 22.5 Å². The summed E-state index contributed by atoms with van der Waals surface area (Å²) in [5, 5.41) is 9.35. The van der Waals surface area contributed by atoms with Gasteiger partial charge in [0.15, 0.2) is 0 Å². The standard InChI is InChI=1S/C25H28N4O2S/c1-16-5-9-20(10-6-16)23-24(21-11-7-17(2)8-12-21)27-28-25(26-23)32-15-22(30)29-13-18(3)31-19(4)14-29/h5-12,18-19H,13-15H2,1-4H3. The van der Waals surface area contributed by atoms with E-state index in [1.165, 1.54) is 22.9 Å². The van der Waals surface area contributed by atoms with Crippen LogP contribution in [-0.4, -0.2) is 57.0 Å². The van der Waals surface area contributed by atoms with Gasteiger partial charge < -0.3 is 9.64 Å². The third-order valence-corrected chi connectivity index (χ3v) is 6.24. The van der Waals surface area contributed by atoms with Gasteiger partial charge in [-0.3, -0.25) is 4.79 Å². The highest BCUT2D eigenvalue weighted by Crippen LogP contribution is 2.30. The van der Waals surface area contributed by atoms with Crippen LogP contribution >= 0.6 is 11.8 Å². The Morgan fingerprint density at radius 1 is 0.906 bits per heavy atom. The number of morpholine rings is 1. The lowest BCUT2D eigenvalue weighted by Gasteiger charge is -2.35. The fourth-order valence-corrected chi connectivity index (χ4v) is 4.48. The van der Waals surface area contributed by atoms with Crippen molar-refractivity contribution in [2.45, 2.75) is 45.1 Å². The summed E-state index contributed by atoms with van der Waals surface area (Å²) < 4.78 is 5.73. The van der Waals surface area contributed by atoms with E-state index in [1.54, 1.807) is 0 Å².